The Labute approximate surface area is 135 Å². The number of aromatic amines is 2. The summed E-state index contributed by atoms with van der Waals surface area (Å²) in [5, 5.41) is 0. The minimum absolute atomic E-state index is 0.106. The van der Waals surface area contributed by atoms with E-state index in [4.69, 9.17) is 0 Å². The molecule has 10 heteroatoms. The minimum Gasteiger partial charge on any atom is -0.332 e. The van der Waals surface area contributed by atoms with E-state index >= 15 is 0 Å². The zero-order chi connectivity index (χ0) is 17.5. The van der Waals surface area contributed by atoms with Gasteiger partial charge in [-0.05, 0) is 30.7 Å². The summed E-state index contributed by atoms with van der Waals surface area (Å²) >= 11 is 0. The van der Waals surface area contributed by atoms with Gasteiger partial charge in [0.25, 0.3) is 5.56 Å². The van der Waals surface area contributed by atoms with Crippen LogP contribution in [0.1, 0.15) is 13.3 Å². The van der Waals surface area contributed by atoms with E-state index in [2.05, 4.69) is 15.0 Å². The summed E-state index contributed by atoms with van der Waals surface area (Å²) in [6.45, 7) is 2.12. The van der Waals surface area contributed by atoms with Crippen molar-refractivity contribution in [2.24, 2.45) is 0 Å². The summed E-state index contributed by atoms with van der Waals surface area (Å²) in [7, 11) is -4.78. The van der Waals surface area contributed by atoms with Gasteiger partial charge in [0.15, 0.2) is 5.65 Å². The zero-order valence-corrected chi connectivity index (χ0v) is 13.4. The van der Waals surface area contributed by atoms with Crippen LogP contribution in [0.5, 0.6) is 0 Å². The number of fused-ring (bicyclic) bond motifs is 1. The molecule has 8 nitrogen and oxygen atoms in total. The Hall–Kier alpha value is -2.75. The fourth-order valence-electron chi connectivity index (χ4n) is 2.35. The van der Waals surface area contributed by atoms with E-state index in [0.29, 0.717) is 12.0 Å². The van der Waals surface area contributed by atoms with Gasteiger partial charge < -0.3 is 4.98 Å². The first-order chi connectivity index (χ1) is 11.3. The average Bonchev–Trinajstić information content (AvgIpc) is 2.95. The number of halogens is 1. The minimum atomic E-state index is -4.78. The van der Waals surface area contributed by atoms with Gasteiger partial charge in [0.1, 0.15) is 11.3 Å². The number of rotatable bonds is 4. The third kappa shape index (κ3) is 2.75. The van der Waals surface area contributed by atoms with Gasteiger partial charge in [-0.3, -0.25) is 14.3 Å². The zero-order valence-electron chi connectivity index (χ0n) is 12.5. The number of aromatic nitrogens is 4. The second kappa shape index (κ2) is 5.71. The van der Waals surface area contributed by atoms with Gasteiger partial charge in [0.05, 0.1) is 4.90 Å². The molecular weight excluding hydrogens is 339 g/mol. The van der Waals surface area contributed by atoms with Crippen LogP contribution < -0.4 is 11.2 Å². The maximum atomic E-state index is 12.9. The molecule has 0 aliphatic heterocycles. The van der Waals surface area contributed by atoms with Crippen molar-refractivity contribution < 1.29 is 12.3 Å². The van der Waals surface area contributed by atoms with Crippen molar-refractivity contribution in [3.05, 3.63) is 45.1 Å². The van der Waals surface area contributed by atoms with Crippen molar-refractivity contribution in [3.63, 3.8) is 0 Å². The van der Waals surface area contributed by atoms with Crippen molar-refractivity contribution in [1.82, 2.24) is 19.5 Å². The molecule has 0 aliphatic rings. The van der Waals surface area contributed by atoms with E-state index < -0.39 is 26.4 Å². The molecular formula is C14H13FN4O4S. The van der Waals surface area contributed by atoms with Crippen LogP contribution in [0, 0.1) is 0 Å². The monoisotopic (exact) mass is 352 g/mol. The molecule has 0 fully saturated rings. The number of hydrogen-bond acceptors (Lipinski definition) is 5. The highest BCUT2D eigenvalue weighted by molar-refractivity contribution is 7.86. The molecule has 126 valence electrons. The van der Waals surface area contributed by atoms with E-state index in [1.807, 2.05) is 6.92 Å². The molecule has 2 heterocycles. The molecule has 0 bridgehead atoms. The average molecular weight is 352 g/mol. The van der Waals surface area contributed by atoms with E-state index in [-0.39, 0.29) is 23.5 Å². The lowest BCUT2D eigenvalue weighted by molar-refractivity contribution is 0.552. The predicted molar refractivity (Wildman–Crippen MR) is 85.0 cm³/mol. The summed E-state index contributed by atoms with van der Waals surface area (Å²) in [5.74, 6) is 0.259. The number of H-pyrrole nitrogens is 2. The highest BCUT2D eigenvalue weighted by Gasteiger charge is 2.15. The fraction of sp³-hybridized carbons (Fsp3) is 0.214. The molecule has 24 heavy (non-hydrogen) atoms. The molecule has 2 aromatic heterocycles. The molecule has 0 radical (unpaired) electrons. The van der Waals surface area contributed by atoms with Gasteiger partial charge >= 0.3 is 15.9 Å². The van der Waals surface area contributed by atoms with Crippen LogP contribution >= 0.6 is 0 Å². The predicted octanol–water partition coefficient (Wildman–Crippen LogP) is 1.15. The standard InChI is InChI=1S/C14H13FN4O4S/c1-2-7-19-13(20)10-12(18-14(19)21)17-11(16-10)8-3-5-9(6-4-8)24(15,22)23/h3-6H,2,7H2,1H3,(H,16,17)(H,18,21). The lowest BCUT2D eigenvalue weighted by Crippen LogP contribution is -2.34. The lowest BCUT2D eigenvalue weighted by atomic mass is 10.2. The molecule has 0 amide bonds. The smallest absolute Gasteiger partial charge is 0.332 e. The van der Waals surface area contributed by atoms with Gasteiger partial charge in [-0.2, -0.15) is 8.42 Å². The molecule has 0 atom stereocenters. The Balaban J connectivity index is 2.13. The topological polar surface area (TPSA) is 118 Å². The summed E-state index contributed by atoms with van der Waals surface area (Å²) in [6.07, 6.45) is 0.620. The van der Waals surface area contributed by atoms with Crippen molar-refractivity contribution in [3.8, 4) is 11.4 Å². The molecule has 0 aliphatic carbocycles. The van der Waals surface area contributed by atoms with Crippen molar-refractivity contribution in [2.45, 2.75) is 24.8 Å². The van der Waals surface area contributed by atoms with Gasteiger partial charge in [-0.15, -0.1) is 3.89 Å². The van der Waals surface area contributed by atoms with Crippen LogP contribution in [0.4, 0.5) is 3.89 Å². The molecule has 0 saturated heterocycles. The Morgan fingerprint density at radius 3 is 2.42 bits per heavy atom. The largest absolute Gasteiger partial charge is 0.332 e. The van der Waals surface area contributed by atoms with Crippen LogP contribution in [-0.4, -0.2) is 27.9 Å². The molecule has 0 saturated carbocycles. The Morgan fingerprint density at radius 1 is 1.17 bits per heavy atom. The maximum Gasteiger partial charge on any atom is 0.332 e. The van der Waals surface area contributed by atoms with E-state index in [1.165, 1.54) is 12.1 Å². The lowest BCUT2D eigenvalue weighted by Gasteiger charge is -2.00. The first-order valence-corrected chi connectivity index (χ1v) is 8.47. The molecule has 0 spiro atoms. The molecule has 1 aromatic carbocycles. The van der Waals surface area contributed by atoms with Crippen molar-refractivity contribution in [2.75, 3.05) is 0 Å². The van der Waals surface area contributed by atoms with Gasteiger partial charge in [-0.25, -0.2) is 9.78 Å². The van der Waals surface area contributed by atoms with E-state index in [0.717, 1.165) is 16.7 Å². The highest BCUT2D eigenvalue weighted by Crippen LogP contribution is 2.20. The van der Waals surface area contributed by atoms with Gasteiger partial charge in [-0.1, -0.05) is 6.92 Å². The number of hydrogen-bond donors (Lipinski definition) is 2. The summed E-state index contributed by atoms with van der Waals surface area (Å²) in [4.78, 5) is 33.2. The number of imidazole rings is 1. The SMILES string of the molecule is CCCn1c(=O)[nH]c2nc(-c3ccc(S(=O)(=O)F)cc3)[nH]c2c1=O. The molecule has 0 unspecified atom stereocenters. The van der Waals surface area contributed by atoms with Crippen LogP contribution in [0.3, 0.4) is 0 Å². The highest BCUT2D eigenvalue weighted by atomic mass is 32.3. The second-order valence-electron chi connectivity index (χ2n) is 5.16. The third-order valence-electron chi connectivity index (χ3n) is 3.49. The molecule has 2 N–H and O–H groups in total. The molecule has 3 rings (SSSR count). The third-order valence-corrected chi connectivity index (χ3v) is 4.33. The van der Waals surface area contributed by atoms with Crippen molar-refractivity contribution >= 4 is 21.4 Å². The fourth-order valence-corrected chi connectivity index (χ4v) is 2.81. The number of nitrogens with zero attached hydrogens (tertiary/aromatic N) is 2. The van der Waals surface area contributed by atoms with Crippen LogP contribution in [0.2, 0.25) is 0 Å². The number of benzene rings is 1. The second-order valence-corrected chi connectivity index (χ2v) is 6.51. The first-order valence-electron chi connectivity index (χ1n) is 7.09. The van der Waals surface area contributed by atoms with Gasteiger partial charge in [0, 0.05) is 12.1 Å². The Bertz CT molecular complexity index is 1130. The maximum absolute atomic E-state index is 12.9. The normalized spacial score (nSPS) is 11.9. The summed E-state index contributed by atoms with van der Waals surface area (Å²) in [6, 6.07) is 4.89. The number of nitrogens with one attached hydrogen (secondary N) is 2. The van der Waals surface area contributed by atoms with E-state index in [1.54, 1.807) is 0 Å². The van der Waals surface area contributed by atoms with E-state index in [9.17, 15) is 21.9 Å². The summed E-state index contributed by atoms with van der Waals surface area (Å²) < 4.78 is 35.6. The van der Waals surface area contributed by atoms with Crippen LogP contribution in [-0.2, 0) is 16.8 Å². The van der Waals surface area contributed by atoms with Crippen LogP contribution in [0.15, 0.2) is 38.8 Å². The Morgan fingerprint density at radius 2 is 1.83 bits per heavy atom. The van der Waals surface area contributed by atoms with Gasteiger partial charge in [0.2, 0.25) is 0 Å². The Kier molecular flexibility index (Phi) is 3.84. The van der Waals surface area contributed by atoms with Crippen LogP contribution in [0.25, 0.3) is 22.6 Å². The molecule has 3 aromatic rings. The van der Waals surface area contributed by atoms with Crippen molar-refractivity contribution in [1.29, 1.82) is 0 Å². The first kappa shape index (κ1) is 16.1. The summed E-state index contributed by atoms with van der Waals surface area (Å²) in [5.41, 5.74) is -0.348. The quantitative estimate of drug-likeness (QED) is 0.683.